The third kappa shape index (κ3) is 3.77. The largest absolute Gasteiger partial charge is 0.355 e. The number of nitrogens with zero attached hydrogens (tertiary/aromatic N) is 6. The minimum Gasteiger partial charge on any atom is -0.355 e. The number of hydrogen-bond donors (Lipinski definition) is 0. The molecule has 2 saturated heterocycles. The van der Waals surface area contributed by atoms with Crippen LogP contribution in [-0.2, 0) is 0 Å². The van der Waals surface area contributed by atoms with Gasteiger partial charge in [0, 0.05) is 56.2 Å². The maximum atomic E-state index is 12.8. The van der Waals surface area contributed by atoms with Crippen LogP contribution in [-0.4, -0.2) is 56.5 Å². The van der Waals surface area contributed by atoms with E-state index in [4.69, 9.17) is 9.97 Å². The van der Waals surface area contributed by atoms with Crippen LogP contribution in [0.4, 0.5) is 5.82 Å². The molecule has 2 fully saturated rings. The minimum atomic E-state index is 0.0746. The number of pyridine rings is 2. The second kappa shape index (κ2) is 8.29. The first kappa shape index (κ1) is 20.0. The molecule has 0 saturated carbocycles. The fourth-order valence-corrected chi connectivity index (χ4v) is 4.85. The zero-order valence-electron chi connectivity index (χ0n) is 18.4. The number of piperidine rings is 1. The number of fused-ring (bicyclic) bond motifs is 1. The van der Waals surface area contributed by atoms with Crippen molar-refractivity contribution in [2.45, 2.75) is 51.5 Å². The van der Waals surface area contributed by atoms with Crippen LogP contribution in [0.25, 0.3) is 11.0 Å². The smallest absolute Gasteiger partial charge is 0.255 e. The summed E-state index contributed by atoms with van der Waals surface area (Å²) in [6.07, 6.45) is 9.60. The fourth-order valence-electron chi connectivity index (χ4n) is 4.85. The highest BCUT2D eigenvalue weighted by Crippen LogP contribution is 2.34. The summed E-state index contributed by atoms with van der Waals surface area (Å²) < 4.78 is 2.25. The number of likely N-dealkylation sites (tertiary alicyclic amines) is 1. The first-order valence-electron chi connectivity index (χ1n) is 11.4. The third-order valence-electron chi connectivity index (χ3n) is 6.63. The van der Waals surface area contributed by atoms with Gasteiger partial charge in [-0.2, -0.15) is 0 Å². The lowest BCUT2D eigenvalue weighted by Gasteiger charge is -2.32. The Labute approximate surface area is 183 Å². The first-order valence-corrected chi connectivity index (χ1v) is 11.4. The second-order valence-corrected chi connectivity index (χ2v) is 8.99. The van der Waals surface area contributed by atoms with Crippen LogP contribution in [0.3, 0.4) is 0 Å². The molecule has 0 spiro atoms. The van der Waals surface area contributed by atoms with Crippen molar-refractivity contribution < 1.29 is 4.79 Å². The van der Waals surface area contributed by atoms with Gasteiger partial charge in [0.2, 0.25) is 0 Å². The molecule has 0 atom stereocenters. The monoisotopic (exact) mass is 418 g/mol. The molecule has 0 radical (unpaired) electrons. The zero-order valence-corrected chi connectivity index (χ0v) is 18.4. The van der Waals surface area contributed by atoms with Crippen LogP contribution in [0.15, 0.2) is 36.9 Å². The van der Waals surface area contributed by atoms with E-state index in [1.54, 1.807) is 12.4 Å². The van der Waals surface area contributed by atoms with Crippen LogP contribution >= 0.6 is 0 Å². The third-order valence-corrected chi connectivity index (χ3v) is 6.63. The number of hydrogen-bond acceptors (Lipinski definition) is 5. The van der Waals surface area contributed by atoms with E-state index in [0.717, 1.165) is 56.0 Å². The van der Waals surface area contributed by atoms with Crippen molar-refractivity contribution in [1.82, 2.24) is 24.4 Å². The maximum Gasteiger partial charge on any atom is 0.255 e. The molecule has 3 aromatic rings. The Bertz CT molecular complexity index is 1060. The van der Waals surface area contributed by atoms with E-state index in [1.165, 1.54) is 18.4 Å². The molecule has 7 nitrogen and oxygen atoms in total. The van der Waals surface area contributed by atoms with Gasteiger partial charge in [-0.3, -0.25) is 9.78 Å². The van der Waals surface area contributed by atoms with E-state index >= 15 is 0 Å². The molecule has 5 heterocycles. The van der Waals surface area contributed by atoms with E-state index in [0.29, 0.717) is 17.5 Å². The van der Waals surface area contributed by atoms with Gasteiger partial charge in [0.1, 0.15) is 5.52 Å². The SMILES string of the molecule is CC(C)n1cnc2c(N3CCCC3)nc(C3CCN(C(=O)c4cccnc4)CC3)cc21. The number of imidazole rings is 1. The van der Waals surface area contributed by atoms with Crippen molar-refractivity contribution in [2.24, 2.45) is 0 Å². The van der Waals surface area contributed by atoms with Crippen molar-refractivity contribution in [3.8, 4) is 0 Å². The highest BCUT2D eigenvalue weighted by molar-refractivity contribution is 5.94. The quantitative estimate of drug-likeness (QED) is 0.640. The topological polar surface area (TPSA) is 67.2 Å². The lowest BCUT2D eigenvalue weighted by Crippen LogP contribution is -2.38. The molecule has 3 aromatic heterocycles. The summed E-state index contributed by atoms with van der Waals surface area (Å²) in [5.41, 5.74) is 4.00. The van der Waals surface area contributed by atoms with E-state index in [2.05, 4.69) is 34.4 Å². The lowest BCUT2D eigenvalue weighted by atomic mass is 9.92. The summed E-state index contributed by atoms with van der Waals surface area (Å²) in [4.78, 5) is 31.1. The number of aromatic nitrogens is 4. The van der Waals surface area contributed by atoms with Gasteiger partial charge in [-0.15, -0.1) is 0 Å². The summed E-state index contributed by atoms with van der Waals surface area (Å²) in [7, 11) is 0. The maximum absolute atomic E-state index is 12.8. The molecule has 2 aliphatic heterocycles. The summed E-state index contributed by atoms with van der Waals surface area (Å²) >= 11 is 0. The van der Waals surface area contributed by atoms with Gasteiger partial charge in [-0.25, -0.2) is 9.97 Å². The zero-order chi connectivity index (χ0) is 21.4. The van der Waals surface area contributed by atoms with E-state index in [-0.39, 0.29) is 5.91 Å². The molecule has 2 aliphatic rings. The Morgan fingerprint density at radius 3 is 2.58 bits per heavy atom. The molecule has 162 valence electrons. The normalized spacial score (nSPS) is 17.8. The van der Waals surface area contributed by atoms with Crippen molar-refractivity contribution in [3.05, 3.63) is 48.2 Å². The van der Waals surface area contributed by atoms with E-state index < -0.39 is 0 Å². The number of carbonyl (C=O) groups excluding carboxylic acids is 1. The van der Waals surface area contributed by atoms with Crippen LogP contribution in [0.2, 0.25) is 0 Å². The fraction of sp³-hybridized carbons (Fsp3) is 0.500. The average molecular weight is 419 g/mol. The number of rotatable bonds is 4. The summed E-state index contributed by atoms with van der Waals surface area (Å²) in [5, 5.41) is 0. The van der Waals surface area contributed by atoms with Gasteiger partial charge in [-0.05, 0) is 57.7 Å². The molecular formula is C24H30N6O. The molecular weight excluding hydrogens is 388 g/mol. The predicted octanol–water partition coefficient (Wildman–Crippen LogP) is 4.03. The standard InChI is InChI=1S/C24H30N6O/c1-17(2)30-16-26-22-21(30)14-20(27-23(22)28-10-3-4-11-28)18-7-12-29(13-8-18)24(31)19-6-5-9-25-15-19/h5-6,9,14-18H,3-4,7-8,10-13H2,1-2H3. The van der Waals surface area contributed by atoms with Crippen LogP contribution in [0.1, 0.15) is 67.5 Å². The van der Waals surface area contributed by atoms with Gasteiger partial charge < -0.3 is 14.4 Å². The minimum absolute atomic E-state index is 0.0746. The Morgan fingerprint density at radius 2 is 1.90 bits per heavy atom. The molecule has 0 aliphatic carbocycles. The van der Waals surface area contributed by atoms with Crippen molar-refractivity contribution >= 4 is 22.8 Å². The van der Waals surface area contributed by atoms with Crippen molar-refractivity contribution in [1.29, 1.82) is 0 Å². The number of anilines is 1. The molecule has 0 aromatic carbocycles. The van der Waals surface area contributed by atoms with Crippen molar-refractivity contribution in [3.63, 3.8) is 0 Å². The molecule has 7 heteroatoms. The van der Waals surface area contributed by atoms with Crippen LogP contribution < -0.4 is 4.90 Å². The Morgan fingerprint density at radius 1 is 1.13 bits per heavy atom. The lowest BCUT2D eigenvalue weighted by molar-refractivity contribution is 0.0711. The van der Waals surface area contributed by atoms with Crippen molar-refractivity contribution in [2.75, 3.05) is 31.1 Å². The number of carbonyl (C=O) groups is 1. The van der Waals surface area contributed by atoms with E-state index in [9.17, 15) is 4.79 Å². The molecule has 0 bridgehead atoms. The highest BCUT2D eigenvalue weighted by Gasteiger charge is 2.28. The Hall–Kier alpha value is -2.96. The molecule has 1 amide bonds. The second-order valence-electron chi connectivity index (χ2n) is 8.99. The summed E-state index contributed by atoms with van der Waals surface area (Å²) in [6.45, 7) is 8.00. The number of amides is 1. The van der Waals surface area contributed by atoms with Gasteiger partial charge >= 0.3 is 0 Å². The molecule has 0 N–H and O–H groups in total. The van der Waals surface area contributed by atoms with E-state index in [1.807, 2.05) is 23.4 Å². The Kier molecular flexibility index (Phi) is 5.34. The van der Waals surface area contributed by atoms with Gasteiger partial charge in [-0.1, -0.05) is 0 Å². The molecule has 31 heavy (non-hydrogen) atoms. The average Bonchev–Trinajstić information content (AvgIpc) is 3.49. The highest BCUT2D eigenvalue weighted by atomic mass is 16.2. The molecule has 0 unspecified atom stereocenters. The first-order chi connectivity index (χ1) is 15.1. The van der Waals surface area contributed by atoms with Gasteiger partial charge in [0.05, 0.1) is 17.4 Å². The van der Waals surface area contributed by atoms with Gasteiger partial charge in [0.25, 0.3) is 5.91 Å². The van der Waals surface area contributed by atoms with Gasteiger partial charge in [0.15, 0.2) is 5.82 Å². The Balaban J connectivity index is 1.41. The summed E-state index contributed by atoms with van der Waals surface area (Å²) in [6, 6.07) is 6.25. The van der Waals surface area contributed by atoms with Crippen LogP contribution in [0.5, 0.6) is 0 Å². The molecule has 5 rings (SSSR count). The predicted molar refractivity (Wildman–Crippen MR) is 121 cm³/mol. The summed E-state index contributed by atoms with van der Waals surface area (Å²) in [5.74, 6) is 1.48. The van der Waals surface area contributed by atoms with Crippen LogP contribution in [0, 0.1) is 0 Å².